The van der Waals surface area contributed by atoms with E-state index in [4.69, 9.17) is 10.5 Å². The van der Waals surface area contributed by atoms with Gasteiger partial charge < -0.3 is 15.8 Å². The summed E-state index contributed by atoms with van der Waals surface area (Å²) in [5.74, 6) is -0.915. The van der Waals surface area contributed by atoms with Crippen molar-refractivity contribution in [1.29, 1.82) is 0 Å². The van der Waals surface area contributed by atoms with E-state index in [1.54, 1.807) is 12.1 Å². The fraction of sp³-hybridized carbons (Fsp3) is 0.188. The molecule has 0 aliphatic rings. The quantitative estimate of drug-likeness (QED) is 0.852. The molecule has 21 heavy (non-hydrogen) atoms. The molecule has 3 N–H and O–H groups in total. The van der Waals surface area contributed by atoms with Gasteiger partial charge in [0.15, 0.2) is 11.6 Å². The molecule has 0 saturated carbocycles. The first-order chi connectivity index (χ1) is 9.92. The number of nitrogens with two attached hydrogens (primary N) is 1. The summed E-state index contributed by atoms with van der Waals surface area (Å²) in [6.07, 6.45) is 0. The van der Waals surface area contributed by atoms with E-state index in [2.05, 4.69) is 5.32 Å². The second kappa shape index (κ2) is 5.83. The first-order valence-electron chi connectivity index (χ1n) is 6.44. The van der Waals surface area contributed by atoms with Crippen LogP contribution in [0.15, 0.2) is 30.3 Å². The van der Waals surface area contributed by atoms with Crippen molar-refractivity contribution >= 4 is 17.3 Å². The zero-order valence-electron chi connectivity index (χ0n) is 12.2. The molecule has 2 rings (SSSR count). The Morgan fingerprint density at radius 2 is 1.86 bits per heavy atom. The minimum Gasteiger partial charge on any atom is -0.494 e. The fourth-order valence-electron chi connectivity index (χ4n) is 1.95. The van der Waals surface area contributed by atoms with Gasteiger partial charge in [0, 0.05) is 5.56 Å². The minimum atomic E-state index is -0.585. The first-order valence-corrected chi connectivity index (χ1v) is 6.44. The molecule has 4 nitrogen and oxygen atoms in total. The maximum Gasteiger partial charge on any atom is 0.255 e. The van der Waals surface area contributed by atoms with Gasteiger partial charge in [0.05, 0.1) is 18.5 Å². The van der Waals surface area contributed by atoms with Crippen molar-refractivity contribution in [2.75, 3.05) is 18.2 Å². The van der Waals surface area contributed by atoms with Crippen LogP contribution in [0.5, 0.6) is 5.75 Å². The van der Waals surface area contributed by atoms with Crippen LogP contribution in [0.2, 0.25) is 0 Å². The van der Waals surface area contributed by atoms with E-state index in [9.17, 15) is 9.18 Å². The molecular weight excluding hydrogens is 271 g/mol. The number of halogens is 1. The fourth-order valence-corrected chi connectivity index (χ4v) is 1.95. The number of amides is 1. The summed E-state index contributed by atoms with van der Waals surface area (Å²) in [4.78, 5) is 12.1. The van der Waals surface area contributed by atoms with Crippen molar-refractivity contribution in [1.82, 2.24) is 0 Å². The molecule has 0 fully saturated rings. The maximum absolute atomic E-state index is 13.6. The van der Waals surface area contributed by atoms with E-state index in [0.717, 1.165) is 17.2 Å². The Balaban J connectivity index is 2.26. The summed E-state index contributed by atoms with van der Waals surface area (Å²) in [6, 6.07) is 7.62. The molecule has 0 aliphatic carbocycles. The number of ether oxygens (including phenoxy) is 1. The molecule has 0 spiro atoms. The van der Waals surface area contributed by atoms with Gasteiger partial charge in [0.2, 0.25) is 0 Å². The molecule has 0 saturated heterocycles. The van der Waals surface area contributed by atoms with E-state index in [-0.39, 0.29) is 11.3 Å². The molecule has 2 aromatic carbocycles. The van der Waals surface area contributed by atoms with Gasteiger partial charge in [-0.25, -0.2) is 4.39 Å². The Morgan fingerprint density at radius 1 is 1.19 bits per heavy atom. The number of nitrogen functional groups attached to an aromatic ring is 1. The lowest BCUT2D eigenvalue weighted by molar-refractivity contribution is 0.102. The highest BCUT2D eigenvalue weighted by Crippen LogP contribution is 2.24. The third-order valence-electron chi connectivity index (χ3n) is 3.33. The average molecular weight is 288 g/mol. The zero-order valence-corrected chi connectivity index (χ0v) is 12.2. The number of methoxy groups -OCH3 is 1. The molecule has 0 heterocycles. The van der Waals surface area contributed by atoms with Crippen LogP contribution in [0, 0.1) is 19.7 Å². The summed E-state index contributed by atoms with van der Waals surface area (Å²) < 4.78 is 18.4. The predicted octanol–water partition coefficient (Wildman–Crippen LogP) is 3.29. The van der Waals surface area contributed by atoms with Gasteiger partial charge in [-0.2, -0.15) is 0 Å². The Labute approximate surface area is 122 Å². The smallest absolute Gasteiger partial charge is 0.255 e. The predicted molar refractivity (Wildman–Crippen MR) is 81.2 cm³/mol. The van der Waals surface area contributed by atoms with Crippen molar-refractivity contribution in [2.45, 2.75) is 13.8 Å². The summed E-state index contributed by atoms with van der Waals surface area (Å²) in [5, 5.41) is 2.69. The number of hydrogen-bond donors (Lipinski definition) is 2. The van der Waals surface area contributed by atoms with Crippen molar-refractivity contribution in [2.24, 2.45) is 0 Å². The van der Waals surface area contributed by atoms with Crippen LogP contribution >= 0.6 is 0 Å². The van der Waals surface area contributed by atoms with Gasteiger partial charge in [0.25, 0.3) is 5.91 Å². The second-order valence-electron chi connectivity index (χ2n) is 4.83. The molecular formula is C16H17FN2O2. The largest absolute Gasteiger partial charge is 0.494 e. The van der Waals surface area contributed by atoms with Crippen LogP contribution in [0.1, 0.15) is 21.5 Å². The Bertz CT molecular complexity index is 699. The molecule has 0 aromatic heterocycles. The molecule has 2 aromatic rings. The van der Waals surface area contributed by atoms with Crippen LogP contribution in [-0.4, -0.2) is 13.0 Å². The Morgan fingerprint density at radius 3 is 2.48 bits per heavy atom. The Hall–Kier alpha value is -2.56. The highest BCUT2D eigenvalue weighted by molar-refractivity contribution is 6.05. The van der Waals surface area contributed by atoms with E-state index in [1.807, 2.05) is 13.8 Å². The number of nitrogens with one attached hydrogen (secondary N) is 1. The van der Waals surface area contributed by atoms with Gasteiger partial charge >= 0.3 is 0 Å². The Kier molecular flexibility index (Phi) is 4.12. The number of aryl methyl sites for hydroxylation is 2. The van der Waals surface area contributed by atoms with E-state index in [1.165, 1.54) is 19.2 Å². The van der Waals surface area contributed by atoms with E-state index < -0.39 is 11.7 Å². The number of rotatable bonds is 3. The number of carbonyl (C=O) groups excluding carboxylic acids is 1. The average Bonchev–Trinajstić information content (AvgIpc) is 2.44. The lowest BCUT2D eigenvalue weighted by atomic mass is 10.1. The van der Waals surface area contributed by atoms with Crippen molar-refractivity contribution in [3.8, 4) is 5.75 Å². The molecule has 0 aliphatic heterocycles. The van der Waals surface area contributed by atoms with Crippen LogP contribution in [0.4, 0.5) is 15.8 Å². The van der Waals surface area contributed by atoms with Crippen LogP contribution in [-0.2, 0) is 0 Å². The topological polar surface area (TPSA) is 64.3 Å². The third kappa shape index (κ3) is 3.13. The summed E-state index contributed by atoms with van der Waals surface area (Å²) in [5.41, 5.74) is 9.13. The summed E-state index contributed by atoms with van der Waals surface area (Å²) in [7, 11) is 1.37. The standard InChI is InChI=1S/C16H17FN2O2/c1-9-6-13(18)14(7-10(9)2)19-16(20)11-4-5-15(21-3)12(17)8-11/h4-8H,18H2,1-3H3,(H,19,20). The normalized spacial score (nSPS) is 10.3. The zero-order chi connectivity index (χ0) is 15.6. The third-order valence-corrected chi connectivity index (χ3v) is 3.33. The van der Waals surface area contributed by atoms with Gasteiger partial charge in [0.1, 0.15) is 0 Å². The van der Waals surface area contributed by atoms with Crippen molar-refractivity contribution in [3.63, 3.8) is 0 Å². The monoisotopic (exact) mass is 288 g/mol. The lowest BCUT2D eigenvalue weighted by Gasteiger charge is -2.11. The summed E-state index contributed by atoms with van der Waals surface area (Å²) in [6.45, 7) is 3.87. The number of carbonyl (C=O) groups is 1. The molecule has 0 bridgehead atoms. The van der Waals surface area contributed by atoms with Gasteiger partial charge in [-0.3, -0.25) is 4.79 Å². The molecule has 110 valence electrons. The molecule has 0 radical (unpaired) electrons. The molecule has 0 unspecified atom stereocenters. The van der Waals surface area contributed by atoms with Gasteiger partial charge in [-0.05, 0) is 55.3 Å². The molecule has 1 amide bonds. The van der Waals surface area contributed by atoms with E-state index in [0.29, 0.717) is 11.4 Å². The second-order valence-corrected chi connectivity index (χ2v) is 4.83. The highest BCUT2D eigenvalue weighted by atomic mass is 19.1. The highest BCUT2D eigenvalue weighted by Gasteiger charge is 2.12. The van der Waals surface area contributed by atoms with Crippen LogP contribution < -0.4 is 15.8 Å². The number of benzene rings is 2. The van der Waals surface area contributed by atoms with Crippen LogP contribution in [0.25, 0.3) is 0 Å². The SMILES string of the molecule is COc1ccc(C(=O)Nc2cc(C)c(C)cc2N)cc1F. The lowest BCUT2D eigenvalue weighted by Crippen LogP contribution is -2.14. The molecule has 5 heteroatoms. The number of anilines is 2. The first kappa shape index (κ1) is 14.8. The van der Waals surface area contributed by atoms with Crippen LogP contribution in [0.3, 0.4) is 0 Å². The van der Waals surface area contributed by atoms with Gasteiger partial charge in [-0.15, -0.1) is 0 Å². The summed E-state index contributed by atoms with van der Waals surface area (Å²) >= 11 is 0. The number of hydrogen-bond acceptors (Lipinski definition) is 3. The van der Waals surface area contributed by atoms with Gasteiger partial charge in [-0.1, -0.05) is 0 Å². The maximum atomic E-state index is 13.6. The van der Waals surface area contributed by atoms with Crippen molar-refractivity contribution in [3.05, 3.63) is 52.8 Å². The minimum absolute atomic E-state index is 0.0947. The van der Waals surface area contributed by atoms with E-state index >= 15 is 0 Å². The van der Waals surface area contributed by atoms with Crippen molar-refractivity contribution < 1.29 is 13.9 Å². The molecule has 0 atom stereocenters.